The van der Waals surface area contributed by atoms with Crippen LogP contribution in [-0.4, -0.2) is 31.1 Å². The second kappa shape index (κ2) is 7.85. The summed E-state index contributed by atoms with van der Waals surface area (Å²) >= 11 is 0. The Labute approximate surface area is 103 Å². The lowest BCUT2D eigenvalue weighted by atomic mass is 10.2. The van der Waals surface area contributed by atoms with Crippen LogP contribution in [-0.2, 0) is 16.1 Å². The van der Waals surface area contributed by atoms with E-state index in [9.17, 15) is 4.79 Å². The molecule has 0 amide bonds. The first kappa shape index (κ1) is 13.7. The number of nitrogens with zero attached hydrogens (tertiary/aromatic N) is 1. The van der Waals surface area contributed by atoms with Crippen LogP contribution >= 0.6 is 0 Å². The third-order valence-electron chi connectivity index (χ3n) is 2.65. The van der Waals surface area contributed by atoms with E-state index in [1.165, 1.54) is 12.7 Å². The van der Waals surface area contributed by atoms with Gasteiger partial charge in [-0.1, -0.05) is 37.3 Å². The van der Waals surface area contributed by atoms with Gasteiger partial charge in [0.25, 0.3) is 0 Å². The largest absolute Gasteiger partial charge is 0.469 e. The fourth-order valence-electron chi connectivity index (χ4n) is 1.78. The molecule has 94 valence electrons. The number of carbonyl (C=O) groups excluding carboxylic acids is 1. The van der Waals surface area contributed by atoms with Gasteiger partial charge in [-0.05, 0) is 18.5 Å². The summed E-state index contributed by atoms with van der Waals surface area (Å²) in [5, 5.41) is 0. The van der Waals surface area contributed by atoms with Gasteiger partial charge in [0.05, 0.1) is 13.5 Å². The lowest BCUT2D eigenvalue weighted by Gasteiger charge is -2.21. The van der Waals surface area contributed by atoms with Crippen molar-refractivity contribution in [1.29, 1.82) is 0 Å². The van der Waals surface area contributed by atoms with Crippen molar-refractivity contribution in [3.63, 3.8) is 0 Å². The molecule has 0 saturated heterocycles. The molecule has 17 heavy (non-hydrogen) atoms. The van der Waals surface area contributed by atoms with Crippen LogP contribution in [0.15, 0.2) is 30.3 Å². The first-order valence-electron chi connectivity index (χ1n) is 6.09. The standard InChI is InChI=1S/C14H21NO2/c1-3-10-15(11-9-14(16)17-2)12-13-7-5-4-6-8-13/h4-8H,3,9-12H2,1-2H3. The number of rotatable bonds is 7. The summed E-state index contributed by atoms with van der Waals surface area (Å²) in [5.41, 5.74) is 1.28. The molecule has 0 aliphatic heterocycles. The molecule has 0 N–H and O–H groups in total. The Kier molecular flexibility index (Phi) is 6.33. The minimum atomic E-state index is -0.140. The number of ether oxygens (including phenoxy) is 1. The molecule has 3 nitrogen and oxygen atoms in total. The fourth-order valence-corrected chi connectivity index (χ4v) is 1.78. The molecule has 0 aliphatic carbocycles. The summed E-state index contributed by atoms with van der Waals surface area (Å²) in [6, 6.07) is 10.3. The fraction of sp³-hybridized carbons (Fsp3) is 0.500. The van der Waals surface area contributed by atoms with E-state index in [2.05, 4.69) is 28.7 Å². The highest BCUT2D eigenvalue weighted by molar-refractivity contribution is 5.69. The van der Waals surface area contributed by atoms with Gasteiger partial charge in [-0.3, -0.25) is 9.69 Å². The Morgan fingerprint density at radius 1 is 1.24 bits per heavy atom. The van der Waals surface area contributed by atoms with E-state index in [0.29, 0.717) is 6.42 Å². The van der Waals surface area contributed by atoms with Crippen LogP contribution in [0, 0.1) is 0 Å². The molecular weight excluding hydrogens is 214 g/mol. The van der Waals surface area contributed by atoms with E-state index in [-0.39, 0.29) is 5.97 Å². The Bertz CT molecular complexity index is 324. The van der Waals surface area contributed by atoms with Crippen LogP contribution in [0.25, 0.3) is 0 Å². The summed E-state index contributed by atoms with van der Waals surface area (Å²) in [6.07, 6.45) is 1.55. The molecule has 3 heteroatoms. The van der Waals surface area contributed by atoms with Crippen molar-refractivity contribution in [2.75, 3.05) is 20.2 Å². The van der Waals surface area contributed by atoms with Gasteiger partial charge in [0.2, 0.25) is 0 Å². The summed E-state index contributed by atoms with van der Waals surface area (Å²) in [5.74, 6) is -0.140. The number of esters is 1. The van der Waals surface area contributed by atoms with Gasteiger partial charge in [-0.2, -0.15) is 0 Å². The van der Waals surface area contributed by atoms with Crippen LogP contribution in [0.5, 0.6) is 0 Å². The quantitative estimate of drug-likeness (QED) is 0.680. The predicted octanol–water partition coefficient (Wildman–Crippen LogP) is 2.46. The van der Waals surface area contributed by atoms with Gasteiger partial charge in [0, 0.05) is 13.1 Å². The van der Waals surface area contributed by atoms with E-state index < -0.39 is 0 Å². The topological polar surface area (TPSA) is 29.5 Å². The van der Waals surface area contributed by atoms with Gasteiger partial charge < -0.3 is 4.74 Å². The normalized spacial score (nSPS) is 10.5. The molecule has 0 spiro atoms. The first-order valence-corrected chi connectivity index (χ1v) is 6.09. The van der Waals surface area contributed by atoms with Crippen LogP contribution < -0.4 is 0 Å². The highest BCUT2D eigenvalue weighted by atomic mass is 16.5. The van der Waals surface area contributed by atoms with Crippen LogP contribution in [0.1, 0.15) is 25.3 Å². The van der Waals surface area contributed by atoms with Gasteiger partial charge in [-0.25, -0.2) is 0 Å². The average Bonchev–Trinajstić information content (AvgIpc) is 2.37. The molecule has 0 aromatic heterocycles. The monoisotopic (exact) mass is 235 g/mol. The lowest BCUT2D eigenvalue weighted by molar-refractivity contribution is -0.141. The molecule has 1 rings (SSSR count). The maximum atomic E-state index is 11.1. The second-order valence-electron chi connectivity index (χ2n) is 4.09. The number of carbonyl (C=O) groups is 1. The van der Waals surface area contributed by atoms with E-state index in [1.54, 1.807) is 0 Å². The zero-order valence-electron chi connectivity index (χ0n) is 10.7. The van der Waals surface area contributed by atoms with Gasteiger partial charge in [0.15, 0.2) is 0 Å². The summed E-state index contributed by atoms with van der Waals surface area (Å²) in [7, 11) is 1.43. The molecule has 0 bridgehead atoms. The number of benzene rings is 1. The van der Waals surface area contributed by atoms with Crippen molar-refractivity contribution in [1.82, 2.24) is 4.90 Å². The average molecular weight is 235 g/mol. The third kappa shape index (κ3) is 5.50. The number of methoxy groups -OCH3 is 1. The van der Waals surface area contributed by atoms with Crippen LogP contribution in [0.4, 0.5) is 0 Å². The second-order valence-corrected chi connectivity index (χ2v) is 4.09. The number of hydrogen-bond acceptors (Lipinski definition) is 3. The van der Waals surface area contributed by atoms with Crippen molar-refractivity contribution >= 4 is 5.97 Å². The highest BCUT2D eigenvalue weighted by Gasteiger charge is 2.08. The molecule has 1 aromatic carbocycles. The zero-order chi connectivity index (χ0) is 12.5. The van der Waals surface area contributed by atoms with Gasteiger partial charge in [-0.15, -0.1) is 0 Å². The van der Waals surface area contributed by atoms with E-state index in [0.717, 1.165) is 26.1 Å². The maximum absolute atomic E-state index is 11.1. The Balaban J connectivity index is 2.45. The maximum Gasteiger partial charge on any atom is 0.306 e. The van der Waals surface area contributed by atoms with Crippen molar-refractivity contribution < 1.29 is 9.53 Å². The predicted molar refractivity (Wildman–Crippen MR) is 68.6 cm³/mol. The van der Waals surface area contributed by atoms with Crippen molar-refractivity contribution in [3.05, 3.63) is 35.9 Å². The third-order valence-corrected chi connectivity index (χ3v) is 2.65. The highest BCUT2D eigenvalue weighted by Crippen LogP contribution is 2.06. The molecule has 0 heterocycles. The minimum absolute atomic E-state index is 0.140. The smallest absolute Gasteiger partial charge is 0.306 e. The lowest BCUT2D eigenvalue weighted by Crippen LogP contribution is -2.27. The summed E-state index contributed by atoms with van der Waals surface area (Å²) < 4.78 is 4.66. The van der Waals surface area contributed by atoms with Crippen molar-refractivity contribution in [2.24, 2.45) is 0 Å². The Morgan fingerprint density at radius 2 is 1.94 bits per heavy atom. The van der Waals surface area contributed by atoms with E-state index in [1.807, 2.05) is 18.2 Å². The SMILES string of the molecule is CCCN(CCC(=O)OC)Cc1ccccc1. The first-order chi connectivity index (χ1) is 8.26. The van der Waals surface area contributed by atoms with Crippen LogP contribution in [0.3, 0.4) is 0 Å². The molecular formula is C14H21NO2. The van der Waals surface area contributed by atoms with Crippen LogP contribution in [0.2, 0.25) is 0 Å². The molecule has 1 aromatic rings. The molecule has 0 aliphatic rings. The van der Waals surface area contributed by atoms with E-state index in [4.69, 9.17) is 0 Å². The number of hydrogen-bond donors (Lipinski definition) is 0. The Hall–Kier alpha value is -1.35. The zero-order valence-corrected chi connectivity index (χ0v) is 10.7. The summed E-state index contributed by atoms with van der Waals surface area (Å²) in [4.78, 5) is 13.4. The summed E-state index contributed by atoms with van der Waals surface area (Å²) in [6.45, 7) is 4.81. The molecule has 0 atom stereocenters. The van der Waals surface area contributed by atoms with E-state index >= 15 is 0 Å². The Morgan fingerprint density at radius 3 is 2.53 bits per heavy atom. The molecule has 0 saturated carbocycles. The van der Waals surface area contributed by atoms with Gasteiger partial charge >= 0.3 is 5.97 Å². The molecule has 0 unspecified atom stereocenters. The van der Waals surface area contributed by atoms with Crippen molar-refractivity contribution in [2.45, 2.75) is 26.3 Å². The van der Waals surface area contributed by atoms with Crippen molar-refractivity contribution in [3.8, 4) is 0 Å². The van der Waals surface area contributed by atoms with Gasteiger partial charge in [0.1, 0.15) is 0 Å². The molecule has 0 fully saturated rings. The molecule has 0 radical (unpaired) electrons. The minimum Gasteiger partial charge on any atom is -0.469 e.